The lowest BCUT2D eigenvalue weighted by Crippen LogP contribution is -2.39. The number of aryl methyl sites for hydroxylation is 1. The van der Waals surface area contributed by atoms with Crippen LogP contribution in [0.15, 0.2) is 45.9 Å². The van der Waals surface area contributed by atoms with Crippen LogP contribution < -0.4 is 15.4 Å². The van der Waals surface area contributed by atoms with Crippen LogP contribution in [0, 0.1) is 0 Å². The zero-order valence-electron chi connectivity index (χ0n) is 14.1. The normalized spacial score (nSPS) is 10.8. The van der Waals surface area contributed by atoms with Crippen molar-refractivity contribution in [2.24, 2.45) is 4.99 Å². The van der Waals surface area contributed by atoms with E-state index in [1.54, 1.807) is 0 Å². The molecule has 7 heteroatoms. The van der Waals surface area contributed by atoms with Gasteiger partial charge in [-0.15, -0.1) is 24.0 Å². The number of hydrogen-bond donors (Lipinski definition) is 2. The Morgan fingerprint density at radius 3 is 2.67 bits per heavy atom. The molecule has 0 radical (unpaired) electrons. The van der Waals surface area contributed by atoms with E-state index in [9.17, 15) is 0 Å². The summed E-state index contributed by atoms with van der Waals surface area (Å²) in [4.78, 5) is 4.48. The quantitative estimate of drug-likeness (QED) is 0.284. The van der Waals surface area contributed by atoms with Crippen LogP contribution >= 0.6 is 24.0 Å². The zero-order chi connectivity index (χ0) is 16.3. The Morgan fingerprint density at radius 2 is 2.00 bits per heavy atom. The second-order valence-electron chi connectivity index (χ2n) is 4.92. The average molecular weight is 444 g/mol. The second-order valence-corrected chi connectivity index (χ2v) is 4.92. The van der Waals surface area contributed by atoms with Gasteiger partial charge in [0.1, 0.15) is 18.9 Å². The van der Waals surface area contributed by atoms with Gasteiger partial charge in [0.25, 0.3) is 0 Å². The van der Waals surface area contributed by atoms with Gasteiger partial charge in [0.2, 0.25) is 0 Å². The molecule has 132 valence electrons. The number of aliphatic imine (C=N–C) groups is 1. The van der Waals surface area contributed by atoms with Gasteiger partial charge >= 0.3 is 0 Å². The van der Waals surface area contributed by atoms with E-state index in [0.29, 0.717) is 19.7 Å². The molecule has 2 aromatic rings. The number of halogens is 1. The summed E-state index contributed by atoms with van der Waals surface area (Å²) in [6.07, 6.45) is 0.863. The van der Waals surface area contributed by atoms with Crippen molar-refractivity contribution in [3.8, 4) is 5.75 Å². The van der Waals surface area contributed by atoms with Crippen LogP contribution in [-0.2, 0) is 13.0 Å². The molecule has 0 aliphatic carbocycles. The van der Waals surface area contributed by atoms with E-state index in [2.05, 4.69) is 20.8 Å². The number of nitrogens with one attached hydrogen (secondary N) is 2. The third-order valence-corrected chi connectivity index (χ3v) is 3.11. The molecule has 2 rings (SSSR count). The summed E-state index contributed by atoms with van der Waals surface area (Å²) in [6, 6.07) is 11.7. The molecule has 2 N–H and O–H groups in total. The van der Waals surface area contributed by atoms with E-state index >= 15 is 0 Å². The van der Waals surface area contributed by atoms with E-state index in [1.807, 2.05) is 50.2 Å². The molecule has 0 atom stereocenters. The van der Waals surface area contributed by atoms with Crippen LogP contribution in [0.3, 0.4) is 0 Å². The molecule has 24 heavy (non-hydrogen) atoms. The van der Waals surface area contributed by atoms with Crippen molar-refractivity contribution in [3.05, 3.63) is 47.9 Å². The first kappa shape index (κ1) is 20.3. The standard InChI is InChI=1S/C17H24N4O2.HI/c1-3-14-12-16(23-21-14)13-20-17(18-4-2)19-10-11-22-15-8-6-5-7-9-15;/h5-9,12H,3-4,10-11,13H2,1-2H3,(H2,18,19,20);1H. The molecule has 6 nitrogen and oxygen atoms in total. The first-order valence-electron chi connectivity index (χ1n) is 7.96. The highest BCUT2D eigenvalue weighted by atomic mass is 127. The van der Waals surface area contributed by atoms with E-state index in [-0.39, 0.29) is 24.0 Å². The van der Waals surface area contributed by atoms with Gasteiger partial charge in [0.15, 0.2) is 11.7 Å². The minimum Gasteiger partial charge on any atom is -0.492 e. The lowest BCUT2D eigenvalue weighted by Gasteiger charge is -2.11. The van der Waals surface area contributed by atoms with Gasteiger partial charge in [-0.2, -0.15) is 0 Å². The van der Waals surface area contributed by atoms with Gasteiger partial charge in [-0.25, -0.2) is 4.99 Å². The zero-order valence-corrected chi connectivity index (χ0v) is 16.4. The molecule has 0 aliphatic heterocycles. The molecule has 0 unspecified atom stereocenters. The highest BCUT2D eigenvalue weighted by Gasteiger charge is 2.03. The Balaban J connectivity index is 0.00000288. The third-order valence-electron chi connectivity index (χ3n) is 3.11. The summed E-state index contributed by atoms with van der Waals surface area (Å²) >= 11 is 0. The first-order chi connectivity index (χ1) is 11.3. The highest BCUT2D eigenvalue weighted by molar-refractivity contribution is 14.0. The van der Waals surface area contributed by atoms with Gasteiger partial charge < -0.3 is 19.9 Å². The highest BCUT2D eigenvalue weighted by Crippen LogP contribution is 2.07. The Labute approximate surface area is 160 Å². The Morgan fingerprint density at radius 1 is 1.21 bits per heavy atom. The molecular weight excluding hydrogens is 419 g/mol. The van der Waals surface area contributed by atoms with Crippen LogP contribution in [0.5, 0.6) is 5.75 Å². The molecule has 0 aliphatic rings. The van der Waals surface area contributed by atoms with Crippen molar-refractivity contribution in [2.75, 3.05) is 19.7 Å². The molecule has 0 amide bonds. The molecule has 1 aromatic carbocycles. The van der Waals surface area contributed by atoms with Crippen LogP contribution in [-0.4, -0.2) is 30.8 Å². The van der Waals surface area contributed by atoms with Crippen molar-refractivity contribution in [1.82, 2.24) is 15.8 Å². The van der Waals surface area contributed by atoms with Crippen molar-refractivity contribution in [1.29, 1.82) is 0 Å². The summed E-state index contributed by atoms with van der Waals surface area (Å²) in [5.74, 6) is 2.36. The summed E-state index contributed by atoms with van der Waals surface area (Å²) in [5, 5.41) is 10.4. The van der Waals surface area contributed by atoms with Crippen molar-refractivity contribution in [3.63, 3.8) is 0 Å². The van der Waals surface area contributed by atoms with Crippen molar-refractivity contribution < 1.29 is 9.26 Å². The number of nitrogens with zero attached hydrogens (tertiary/aromatic N) is 2. The second kappa shape index (κ2) is 11.7. The Bertz CT molecular complexity index is 602. The summed E-state index contributed by atoms with van der Waals surface area (Å²) in [7, 11) is 0. The summed E-state index contributed by atoms with van der Waals surface area (Å²) < 4.78 is 10.9. The first-order valence-corrected chi connectivity index (χ1v) is 7.96. The molecule has 0 saturated heterocycles. The molecule has 0 fully saturated rings. The maximum atomic E-state index is 5.64. The number of hydrogen-bond acceptors (Lipinski definition) is 4. The topological polar surface area (TPSA) is 71.7 Å². The largest absolute Gasteiger partial charge is 0.492 e. The van der Waals surface area contributed by atoms with Gasteiger partial charge in [0, 0.05) is 12.6 Å². The van der Waals surface area contributed by atoms with E-state index in [0.717, 1.165) is 36.1 Å². The lowest BCUT2D eigenvalue weighted by atomic mass is 10.3. The molecule has 0 spiro atoms. The minimum atomic E-state index is 0. The summed E-state index contributed by atoms with van der Waals surface area (Å²) in [6.45, 7) is 6.56. The maximum Gasteiger partial charge on any atom is 0.191 e. The van der Waals surface area contributed by atoms with Crippen molar-refractivity contribution in [2.45, 2.75) is 26.8 Å². The van der Waals surface area contributed by atoms with E-state index in [1.165, 1.54) is 0 Å². The number of guanidine groups is 1. The molecule has 0 bridgehead atoms. The number of rotatable bonds is 8. The van der Waals surface area contributed by atoms with Crippen LogP contribution in [0.2, 0.25) is 0 Å². The minimum absolute atomic E-state index is 0. The predicted octanol–water partition coefficient (Wildman–Crippen LogP) is 2.99. The van der Waals surface area contributed by atoms with Gasteiger partial charge in [-0.05, 0) is 25.5 Å². The van der Waals surface area contributed by atoms with Crippen LogP contribution in [0.25, 0.3) is 0 Å². The third kappa shape index (κ3) is 7.20. The predicted molar refractivity (Wildman–Crippen MR) is 106 cm³/mol. The van der Waals surface area contributed by atoms with Crippen LogP contribution in [0.4, 0.5) is 0 Å². The molecule has 1 heterocycles. The molecule has 1 aromatic heterocycles. The molecular formula is C17H25IN4O2. The van der Waals surface area contributed by atoms with Gasteiger partial charge in [-0.3, -0.25) is 0 Å². The average Bonchev–Trinajstić information content (AvgIpc) is 3.05. The fourth-order valence-corrected chi connectivity index (χ4v) is 1.95. The number of para-hydroxylation sites is 1. The SMILES string of the molecule is CCNC(=NCc1cc(CC)no1)NCCOc1ccccc1.I. The van der Waals surface area contributed by atoms with Crippen molar-refractivity contribution >= 4 is 29.9 Å². The van der Waals surface area contributed by atoms with E-state index in [4.69, 9.17) is 9.26 Å². The fourth-order valence-electron chi connectivity index (χ4n) is 1.95. The number of aromatic nitrogens is 1. The van der Waals surface area contributed by atoms with Gasteiger partial charge in [0.05, 0.1) is 12.2 Å². The molecule has 0 saturated carbocycles. The van der Waals surface area contributed by atoms with Crippen LogP contribution in [0.1, 0.15) is 25.3 Å². The smallest absolute Gasteiger partial charge is 0.191 e. The van der Waals surface area contributed by atoms with Gasteiger partial charge in [-0.1, -0.05) is 30.3 Å². The fraction of sp³-hybridized carbons (Fsp3) is 0.412. The monoisotopic (exact) mass is 444 g/mol. The maximum absolute atomic E-state index is 5.64. The summed E-state index contributed by atoms with van der Waals surface area (Å²) in [5.41, 5.74) is 0.949. The lowest BCUT2D eigenvalue weighted by molar-refractivity contribution is 0.322. The number of benzene rings is 1. The Hall–Kier alpha value is -1.77. The number of ether oxygens (including phenoxy) is 1. The van der Waals surface area contributed by atoms with E-state index < -0.39 is 0 Å². The Kier molecular flexibility index (Phi) is 9.90.